The number of pyridine rings is 1. The minimum absolute atomic E-state index is 0.480. The van der Waals surface area contributed by atoms with Crippen LogP contribution in [0.15, 0.2) is 36.4 Å². The minimum atomic E-state index is 0.480. The van der Waals surface area contributed by atoms with Crippen molar-refractivity contribution in [3.05, 3.63) is 58.9 Å². The van der Waals surface area contributed by atoms with Crippen LogP contribution in [-0.2, 0) is 13.0 Å². The molecule has 0 radical (unpaired) electrons. The third kappa shape index (κ3) is 2.54. The van der Waals surface area contributed by atoms with Crippen LogP contribution in [-0.4, -0.2) is 16.9 Å². The number of nitrogens with two attached hydrogens (primary N) is 1. The largest absolute Gasteiger partial charge is 0.399 e. The maximum atomic E-state index is 5.87. The first kappa shape index (κ1) is 13.1. The van der Waals surface area contributed by atoms with Crippen LogP contribution in [0.3, 0.4) is 0 Å². The van der Waals surface area contributed by atoms with Crippen LogP contribution >= 0.6 is 0 Å². The Kier molecular flexibility index (Phi) is 3.45. The van der Waals surface area contributed by atoms with Gasteiger partial charge in [-0.25, -0.2) is 0 Å². The van der Waals surface area contributed by atoms with E-state index in [2.05, 4.69) is 41.2 Å². The first-order valence-corrected chi connectivity index (χ1v) is 7.14. The molecule has 0 saturated heterocycles. The Balaban J connectivity index is 1.78. The fourth-order valence-electron chi connectivity index (χ4n) is 3.13. The van der Waals surface area contributed by atoms with Crippen LogP contribution < -0.4 is 5.73 Å². The maximum absolute atomic E-state index is 5.87. The molecule has 0 fully saturated rings. The fourth-order valence-corrected chi connectivity index (χ4v) is 3.13. The summed E-state index contributed by atoms with van der Waals surface area (Å²) >= 11 is 0. The zero-order valence-electron chi connectivity index (χ0n) is 12.1. The number of nitrogens with zero attached hydrogens (tertiary/aromatic N) is 2. The van der Waals surface area contributed by atoms with E-state index in [4.69, 9.17) is 5.73 Å². The number of hydrogen-bond donors (Lipinski definition) is 1. The summed E-state index contributed by atoms with van der Waals surface area (Å²) in [6.07, 6.45) is 2.29. The van der Waals surface area contributed by atoms with Crippen molar-refractivity contribution in [1.82, 2.24) is 9.88 Å². The molecule has 0 saturated carbocycles. The smallest absolute Gasteiger partial charge is 0.0547 e. The molecule has 3 rings (SSSR count). The second-order valence-corrected chi connectivity index (χ2v) is 5.70. The topological polar surface area (TPSA) is 42.1 Å². The fraction of sp³-hybridized carbons (Fsp3) is 0.353. The molecule has 0 spiro atoms. The summed E-state index contributed by atoms with van der Waals surface area (Å²) in [7, 11) is 2.18. The van der Waals surface area contributed by atoms with Crippen molar-refractivity contribution in [3.8, 4) is 0 Å². The second kappa shape index (κ2) is 5.25. The highest BCUT2D eigenvalue weighted by Crippen LogP contribution is 2.36. The lowest BCUT2D eigenvalue weighted by Crippen LogP contribution is -2.23. The van der Waals surface area contributed by atoms with E-state index in [0.717, 1.165) is 30.0 Å². The SMILES string of the molecule is Cc1cccc(CN(C)C2CCc3cc(N)ccc32)n1. The average Bonchev–Trinajstić information content (AvgIpc) is 2.81. The van der Waals surface area contributed by atoms with E-state index in [-0.39, 0.29) is 0 Å². The summed E-state index contributed by atoms with van der Waals surface area (Å²) in [6, 6.07) is 13.0. The van der Waals surface area contributed by atoms with Crippen LogP contribution in [0.5, 0.6) is 0 Å². The maximum Gasteiger partial charge on any atom is 0.0547 e. The lowest BCUT2D eigenvalue weighted by atomic mass is 10.1. The molecular weight excluding hydrogens is 246 g/mol. The van der Waals surface area contributed by atoms with Gasteiger partial charge >= 0.3 is 0 Å². The Labute approximate surface area is 120 Å². The normalized spacial score (nSPS) is 17.4. The molecule has 1 unspecified atom stereocenters. The van der Waals surface area contributed by atoms with E-state index in [1.807, 2.05) is 19.1 Å². The second-order valence-electron chi connectivity index (χ2n) is 5.70. The van der Waals surface area contributed by atoms with Crippen LogP contribution in [0.2, 0.25) is 0 Å². The molecule has 2 N–H and O–H groups in total. The quantitative estimate of drug-likeness (QED) is 0.869. The Morgan fingerprint density at radius 2 is 2.15 bits per heavy atom. The molecule has 104 valence electrons. The molecule has 3 heteroatoms. The number of aromatic nitrogens is 1. The summed E-state index contributed by atoms with van der Waals surface area (Å²) in [5.41, 5.74) is 11.8. The Bertz CT molecular complexity index is 621. The summed E-state index contributed by atoms with van der Waals surface area (Å²) in [4.78, 5) is 6.99. The third-order valence-corrected chi connectivity index (χ3v) is 4.10. The molecular formula is C17H21N3. The zero-order valence-corrected chi connectivity index (χ0v) is 12.1. The molecule has 1 aromatic carbocycles. The summed E-state index contributed by atoms with van der Waals surface area (Å²) in [5, 5.41) is 0. The number of benzene rings is 1. The van der Waals surface area contributed by atoms with Crippen molar-refractivity contribution in [2.75, 3.05) is 12.8 Å². The van der Waals surface area contributed by atoms with E-state index in [1.165, 1.54) is 17.5 Å². The number of nitrogen functional groups attached to an aromatic ring is 1. The standard InChI is InChI=1S/C17H21N3/c1-12-4-3-5-15(19-12)11-20(2)17-9-6-13-10-14(18)7-8-16(13)17/h3-5,7-8,10,17H,6,9,11,18H2,1-2H3. The van der Waals surface area contributed by atoms with Crippen molar-refractivity contribution < 1.29 is 0 Å². The van der Waals surface area contributed by atoms with E-state index >= 15 is 0 Å². The van der Waals surface area contributed by atoms with Gasteiger partial charge in [-0.05, 0) is 62.2 Å². The molecule has 2 aromatic rings. The average molecular weight is 267 g/mol. The lowest BCUT2D eigenvalue weighted by molar-refractivity contribution is 0.233. The van der Waals surface area contributed by atoms with Crippen molar-refractivity contribution in [2.24, 2.45) is 0 Å². The van der Waals surface area contributed by atoms with Crippen molar-refractivity contribution in [2.45, 2.75) is 32.4 Å². The van der Waals surface area contributed by atoms with Crippen LogP contribution in [0.4, 0.5) is 5.69 Å². The van der Waals surface area contributed by atoms with Crippen LogP contribution in [0.25, 0.3) is 0 Å². The zero-order chi connectivity index (χ0) is 14.1. The number of aryl methyl sites for hydroxylation is 2. The summed E-state index contributed by atoms with van der Waals surface area (Å²) < 4.78 is 0. The van der Waals surface area contributed by atoms with Gasteiger partial charge in [0.1, 0.15) is 0 Å². The first-order valence-electron chi connectivity index (χ1n) is 7.14. The van der Waals surface area contributed by atoms with E-state index in [9.17, 15) is 0 Å². The van der Waals surface area contributed by atoms with Gasteiger partial charge in [0.05, 0.1) is 5.69 Å². The van der Waals surface area contributed by atoms with Gasteiger partial charge in [-0.15, -0.1) is 0 Å². The van der Waals surface area contributed by atoms with Gasteiger partial charge in [0.2, 0.25) is 0 Å². The lowest BCUT2D eigenvalue weighted by Gasteiger charge is -2.25. The van der Waals surface area contributed by atoms with Gasteiger partial charge in [-0.1, -0.05) is 12.1 Å². The monoisotopic (exact) mass is 267 g/mol. The molecule has 0 bridgehead atoms. The third-order valence-electron chi connectivity index (χ3n) is 4.10. The molecule has 1 atom stereocenters. The highest BCUT2D eigenvalue weighted by molar-refractivity contribution is 5.47. The van der Waals surface area contributed by atoms with Gasteiger partial charge in [0, 0.05) is 24.0 Å². The van der Waals surface area contributed by atoms with Gasteiger partial charge < -0.3 is 5.73 Å². The van der Waals surface area contributed by atoms with Gasteiger partial charge in [0.15, 0.2) is 0 Å². The van der Waals surface area contributed by atoms with E-state index in [1.54, 1.807) is 0 Å². The number of anilines is 1. The Hall–Kier alpha value is -1.87. The van der Waals surface area contributed by atoms with E-state index in [0.29, 0.717) is 6.04 Å². The molecule has 1 aliphatic rings. The molecule has 0 aliphatic heterocycles. The Morgan fingerprint density at radius 3 is 2.95 bits per heavy atom. The molecule has 20 heavy (non-hydrogen) atoms. The van der Waals surface area contributed by atoms with Crippen LogP contribution in [0.1, 0.15) is 35.0 Å². The summed E-state index contributed by atoms with van der Waals surface area (Å²) in [5.74, 6) is 0. The number of rotatable bonds is 3. The first-order chi connectivity index (χ1) is 9.63. The van der Waals surface area contributed by atoms with E-state index < -0.39 is 0 Å². The van der Waals surface area contributed by atoms with Crippen molar-refractivity contribution in [1.29, 1.82) is 0 Å². The predicted molar refractivity (Wildman–Crippen MR) is 82.4 cm³/mol. The number of hydrogen-bond acceptors (Lipinski definition) is 3. The molecule has 1 aliphatic carbocycles. The highest BCUT2D eigenvalue weighted by Gasteiger charge is 2.26. The Morgan fingerprint density at radius 1 is 1.30 bits per heavy atom. The molecule has 1 aromatic heterocycles. The van der Waals surface area contributed by atoms with Gasteiger partial charge in [0.25, 0.3) is 0 Å². The molecule has 0 amide bonds. The predicted octanol–water partition coefficient (Wildman–Crippen LogP) is 3.09. The highest BCUT2D eigenvalue weighted by atomic mass is 15.1. The molecule has 1 heterocycles. The van der Waals surface area contributed by atoms with Crippen molar-refractivity contribution in [3.63, 3.8) is 0 Å². The van der Waals surface area contributed by atoms with Crippen molar-refractivity contribution >= 4 is 5.69 Å². The molecule has 3 nitrogen and oxygen atoms in total. The van der Waals surface area contributed by atoms with Crippen LogP contribution in [0, 0.1) is 6.92 Å². The summed E-state index contributed by atoms with van der Waals surface area (Å²) in [6.45, 7) is 2.92. The minimum Gasteiger partial charge on any atom is -0.399 e. The number of fused-ring (bicyclic) bond motifs is 1. The van der Waals surface area contributed by atoms with Gasteiger partial charge in [-0.2, -0.15) is 0 Å². The van der Waals surface area contributed by atoms with Gasteiger partial charge in [-0.3, -0.25) is 9.88 Å².